The van der Waals surface area contributed by atoms with Crippen LogP contribution in [0.4, 0.5) is 23.5 Å². The molecule has 256 valence electrons. The number of rotatable bonds is 10. The summed E-state index contributed by atoms with van der Waals surface area (Å²) >= 11 is 11.8. The molecule has 0 saturated heterocycles. The summed E-state index contributed by atoms with van der Waals surface area (Å²) in [6, 6.07) is 14.7. The summed E-state index contributed by atoms with van der Waals surface area (Å²) < 4.78 is 11.7. The number of ether oxygens (including phenoxy) is 2. The fraction of sp³-hybridized carbons (Fsp3) is 0.412. The number of halogens is 2. The molecule has 12 nitrogen and oxygen atoms in total. The Balaban J connectivity index is 0.000000188. The van der Waals surface area contributed by atoms with E-state index < -0.39 is 0 Å². The molecule has 0 unspecified atom stereocenters. The van der Waals surface area contributed by atoms with E-state index in [1.165, 1.54) is 0 Å². The van der Waals surface area contributed by atoms with E-state index in [-0.39, 0.29) is 37.2 Å². The summed E-state index contributed by atoms with van der Waals surface area (Å²) in [5.41, 5.74) is 11.4. The standard InChI is InChI=1S/2C17H21ClN4O2/c18-12-3-7-14(8-4-12)24-15-9-20-17(19)22-16(15)21-13-5-1-11(10-23)2-6-13;18-12-4-6-14(7-5-12)24-15-9-20-17(19)22-16(15)21-13-3-1-2-11(8-13)10-23/h3-4,7-9,11,13,23H,1-2,5-6,10H2,(H3,19,20,21,22);4-7,9,11,13,23H,1-3,8,10H2,(H3,19,20,21,22)/t;11-,13-/m.0/s1. The zero-order valence-electron chi connectivity index (χ0n) is 26.6. The van der Waals surface area contributed by atoms with Gasteiger partial charge in [-0.15, -0.1) is 0 Å². The second-order valence-corrected chi connectivity index (χ2v) is 13.0. The highest BCUT2D eigenvalue weighted by Gasteiger charge is 2.24. The fourth-order valence-electron chi connectivity index (χ4n) is 5.85. The number of nitrogens with zero attached hydrogens (tertiary/aromatic N) is 4. The van der Waals surface area contributed by atoms with Gasteiger partial charge in [-0.1, -0.05) is 29.6 Å². The van der Waals surface area contributed by atoms with Crippen LogP contribution >= 0.6 is 23.2 Å². The molecule has 48 heavy (non-hydrogen) atoms. The average Bonchev–Trinajstić information content (AvgIpc) is 3.10. The van der Waals surface area contributed by atoms with Gasteiger partial charge in [-0.3, -0.25) is 0 Å². The van der Waals surface area contributed by atoms with Crippen molar-refractivity contribution < 1.29 is 19.7 Å². The van der Waals surface area contributed by atoms with E-state index in [9.17, 15) is 10.2 Å². The minimum absolute atomic E-state index is 0.190. The number of aliphatic hydroxyl groups excluding tert-OH is 2. The third-order valence-electron chi connectivity index (χ3n) is 8.46. The lowest BCUT2D eigenvalue weighted by molar-refractivity contribution is 0.184. The molecule has 2 fully saturated rings. The van der Waals surface area contributed by atoms with Gasteiger partial charge in [-0.2, -0.15) is 9.97 Å². The molecule has 0 aliphatic heterocycles. The molecule has 2 atom stereocenters. The van der Waals surface area contributed by atoms with Gasteiger partial charge < -0.3 is 41.8 Å². The first-order chi connectivity index (χ1) is 23.3. The molecule has 0 spiro atoms. The van der Waals surface area contributed by atoms with Crippen LogP contribution in [0, 0.1) is 11.8 Å². The van der Waals surface area contributed by atoms with E-state index in [0.29, 0.717) is 56.5 Å². The smallest absolute Gasteiger partial charge is 0.222 e. The van der Waals surface area contributed by atoms with Crippen molar-refractivity contribution in [2.24, 2.45) is 11.8 Å². The van der Waals surface area contributed by atoms with Crippen molar-refractivity contribution in [2.75, 3.05) is 35.3 Å². The lowest BCUT2D eigenvalue weighted by Crippen LogP contribution is -2.29. The Morgan fingerprint density at radius 3 is 1.60 bits per heavy atom. The van der Waals surface area contributed by atoms with Gasteiger partial charge >= 0.3 is 0 Å². The molecule has 0 radical (unpaired) electrons. The van der Waals surface area contributed by atoms with Crippen LogP contribution in [0.2, 0.25) is 10.0 Å². The first-order valence-corrected chi connectivity index (χ1v) is 16.9. The SMILES string of the molecule is Nc1ncc(Oc2ccc(Cl)cc2)c(NC2CCC(CO)CC2)n1.Nc1ncc(Oc2ccc(Cl)cc2)c(N[C@H]2CCC[C@H](CO)C2)n1. The maximum atomic E-state index is 9.38. The molecular formula is C34H42Cl2N8O4. The first-order valence-electron chi connectivity index (χ1n) is 16.1. The van der Waals surface area contributed by atoms with Gasteiger partial charge in [0.2, 0.25) is 11.9 Å². The molecule has 0 amide bonds. The van der Waals surface area contributed by atoms with Gasteiger partial charge in [0.25, 0.3) is 0 Å². The van der Waals surface area contributed by atoms with Gasteiger partial charge in [-0.05, 0) is 105 Å². The normalized spacial score (nSPS) is 20.6. The number of aliphatic hydroxyl groups is 2. The average molecular weight is 698 g/mol. The zero-order chi connectivity index (χ0) is 33.9. The third-order valence-corrected chi connectivity index (χ3v) is 8.96. The summed E-state index contributed by atoms with van der Waals surface area (Å²) in [6.45, 7) is 0.482. The number of nitrogen functional groups attached to an aromatic ring is 2. The van der Waals surface area contributed by atoms with E-state index in [1.807, 2.05) is 0 Å². The second kappa shape index (κ2) is 17.3. The quantitative estimate of drug-likeness (QED) is 0.100. The molecule has 2 aliphatic carbocycles. The van der Waals surface area contributed by atoms with Crippen molar-refractivity contribution in [3.8, 4) is 23.0 Å². The first kappa shape index (κ1) is 35.2. The van der Waals surface area contributed by atoms with Crippen molar-refractivity contribution in [3.05, 3.63) is 71.0 Å². The van der Waals surface area contributed by atoms with Crippen molar-refractivity contribution in [2.45, 2.75) is 63.5 Å². The number of hydrogen-bond acceptors (Lipinski definition) is 12. The molecular weight excluding hydrogens is 655 g/mol. The van der Waals surface area contributed by atoms with Gasteiger partial charge in [0, 0.05) is 35.3 Å². The van der Waals surface area contributed by atoms with Crippen LogP contribution in [0.25, 0.3) is 0 Å². The van der Waals surface area contributed by atoms with Crippen LogP contribution in [0.1, 0.15) is 51.4 Å². The zero-order valence-corrected chi connectivity index (χ0v) is 28.1. The summed E-state index contributed by atoms with van der Waals surface area (Å²) in [5.74, 6) is 4.62. The van der Waals surface area contributed by atoms with Crippen LogP contribution in [-0.4, -0.2) is 55.4 Å². The van der Waals surface area contributed by atoms with Crippen molar-refractivity contribution in [3.63, 3.8) is 0 Å². The minimum Gasteiger partial charge on any atom is -0.452 e. The molecule has 6 rings (SSSR count). The molecule has 14 heteroatoms. The van der Waals surface area contributed by atoms with Gasteiger partial charge in [0.15, 0.2) is 23.1 Å². The molecule has 8 N–H and O–H groups in total. The summed E-state index contributed by atoms with van der Waals surface area (Å²) in [5, 5.41) is 26.7. The number of benzene rings is 2. The van der Waals surface area contributed by atoms with Crippen LogP contribution in [-0.2, 0) is 0 Å². The monoisotopic (exact) mass is 696 g/mol. The van der Waals surface area contributed by atoms with Crippen LogP contribution in [0.5, 0.6) is 23.0 Å². The molecule has 2 heterocycles. The Bertz CT molecular complexity index is 1590. The molecule has 2 aromatic heterocycles. The Morgan fingerprint density at radius 1 is 0.646 bits per heavy atom. The minimum atomic E-state index is 0.190. The lowest BCUT2D eigenvalue weighted by atomic mass is 9.86. The Hall–Kier alpha value is -4.10. The van der Waals surface area contributed by atoms with Crippen LogP contribution < -0.4 is 31.6 Å². The van der Waals surface area contributed by atoms with Crippen LogP contribution in [0.3, 0.4) is 0 Å². The maximum absolute atomic E-state index is 9.38. The Kier molecular flexibility index (Phi) is 12.7. The van der Waals surface area contributed by atoms with E-state index in [4.69, 9.17) is 44.1 Å². The maximum Gasteiger partial charge on any atom is 0.222 e. The predicted octanol–water partition coefficient (Wildman–Crippen LogP) is 6.94. The van der Waals surface area contributed by atoms with Crippen molar-refractivity contribution in [1.82, 2.24) is 19.9 Å². The van der Waals surface area contributed by atoms with Gasteiger partial charge in [-0.25, -0.2) is 9.97 Å². The molecule has 4 aromatic rings. The van der Waals surface area contributed by atoms with Crippen molar-refractivity contribution >= 4 is 46.7 Å². The molecule has 2 aliphatic rings. The van der Waals surface area contributed by atoms with E-state index >= 15 is 0 Å². The van der Waals surface area contributed by atoms with Crippen molar-refractivity contribution in [1.29, 1.82) is 0 Å². The van der Waals surface area contributed by atoms with E-state index in [0.717, 1.165) is 51.4 Å². The van der Waals surface area contributed by atoms with Gasteiger partial charge in [0.05, 0.1) is 12.4 Å². The summed E-state index contributed by atoms with van der Waals surface area (Å²) in [4.78, 5) is 16.6. The highest BCUT2D eigenvalue weighted by Crippen LogP contribution is 2.34. The number of hydrogen-bond donors (Lipinski definition) is 6. The second-order valence-electron chi connectivity index (χ2n) is 12.1. The third kappa shape index (κ3) is 10.4. The van der Waals surface area contributed by atoms with E-state index in [1.54, 1.807) is 60.9 Å². The largest absolute Gasteiger partial charge is 0.452 e. The highest BCUT2D eigenvalue weighted by atomic mass is 35.5. The summed E-state index contributed by atoms with van der Waals surface area (Å²) in [7, 11) is 0. The van der Waals surface area contributed by atoms with Crippen LogP contribution in [0.15, 0.2) is 60.9 Å². The number of nitrogens with two attached hydrogens (primary N) is 2. The number of anilines is 4. The number of aromatic nitrogens is 4. The predicted molar refractivity (Wildman–Crippen MR) is 189 cm³/mol. The summed E-state index contributed by atoms with van der Waals surface area (Å²) in [6.07, 6.45) is 11.2. The molecule has 0 bridgehead atoms. The lowest BCUT2D eigenvalue weighted by Gasteiger charge is -2.29. The topological polar surface area (TPSA) is 187 Å². The molecule has 2 saturated carbocycles. The van der Waals surface area contributed by atoms with Gasteiger partial charge in [0.1, 0.15) is 11.5 Å². The highest BCUT2D eigenvalue weighted by molar-refractivity contribution is 6.30. The van der Waals surface area contributed by atoms with E-state index in [2.05, 4.69) is 30.6 Å². The Morgan fingerprint density at radius 2 is 1.12 bits per heavy atom. The number of nitrogens with one attached hydrogen (secondary N) is 2. The molecule has 2 aromatic carbocycles. The Labute approximate surface area is 290 Å². The fourth-order valence-corrected chi connectivity index (χ4v) is 6.10.